The lowest BCUT2D eigenvalue weighted by Gasteiger charge is -2.12. The van der Waals surface area contributed by atoms with Crippen molar-refractivity contribution >= 4 is 34.0 Å². The molecule has 5 rings (SSSR count). The number of aromatic nitrogens is 3. The molecule has 0 aliphatic rings. The molecule has 0 unspecified atom stereocenters. The van der Waals surface area contributed by atoms with E-state index in [1.165, 1.54) is 0 Å². The van der Waals surface area contributed by atoms with E-state index < -0.39 is 0 Å². The van der Waals surface area contributed by atoms with Gasteiger partial charge < -0.3 is 15.4 Å². The number of hydrogen-bond donors (Lipinski definition) is 3. The van der Waals surface area contributed by atoms with E-state index >= 15 is 0 Å². The van der Waals surface area contributed by atoms with Crippen LogP contribution in [0.5, 0.6) is 11.5 Å². The van der Waals surface area contributed by atoms with Gasteiger partial charge in [0.05, 0.1) is 17.3 Å². The predicted octanol–water partition coefficient (Wildman–Crippen LogP) is 5.75. The van der Waals surface area contributed by atoms with Gasteiger partial charge in [0, 0.05) is 23.0 Å². The van der Waals surface area contributed by atoms with Crippen LogP contribution >= 0.6 is 0 Å². The highest BCUT2D eigenvalue weighted by atomic mass is 16.5. The van der Waals surface area contributed by atoms with Gasteiger partial charge in [-0.25, -0.2) is 4.98 Å². The average molecular weight is 421 g/mol. The van der Waals surface area contributed by atoms with Crippen molar-refractivity contribution in [3.05, 3.63) is 103 Å². The first-order valence-corrected chi connectivity index (χ1v) is 10.0. The van der Waals surface area contributed by atoms with Crippen LogP contribution in [0.25, 0.3) is 10.9 Å². The number of aromatic amines is 1. The summed E-state index contributed by atoms with van der Waals surface area (Å²) in [5.41, 5.74) is 2.85. The molecule has 0 bridgehead atoms. The maximum absolute atomic E-state index is 12.9. The molecular weight excluding hydrogens is 402 g/mol. The molecule has 0 saturated heterocycles. The molecule has 2 aromatic heterocycles. The summed E-state index contributed by atoms with van der Waals surface area (Å²) >= 11 is 0. The Labute approximate surface area is 184 Å². The third kappa shape index (κ3) is 4.27. The number of amides is 1. The maximum Gasteiger partial charge on any atom is 0.259 e. The first-order valence-electron chi connectivity index (χ1n) is 10.0. The third-order valence-electron chi connectivity index (χ3n) is 4.85. The number of carbonyl (C=O) groups excluding carboxylic acids is 1. The van der Waals surface area contributed by atoms with Crippen molar-refractivity contribution < 1.29 is 9.53 Å². The van der Waals surface area contributed by atoms with E-state index in [2.05, 4.69) is 25.8 Å². The van der Waals surface area contributed by atoms with Gasteiger partial charge in [0.25, 0.3) is 5.91 Å². The summed E-state index contributed by atoms with van der Waals surface area (Å²) < 4.78 is 5.79. The number of anilines is 3. The number of nitrogens with one attached hydrogen (secondary N) is 3. The number of fused-ring (bicyclic) bond motifs is 1. The molecule has 0 atom stereocenters. The first kappa shape index (κ1) is 19.3. The van der Waals surface area contributed by atoms with Gasteiger partial charge in [-0.3, -0.25) is 9.89 Å². The normalized spacial score (nSPS) is 10.6. The SMILES string of the molecule is O=C(Nc1ccc(Oc2ccccc2)cc1)c1cccnc1Nc1ccc2[nH]ncc2c1. The van der Waals surface area contributed by atoms with Crippen molar-refractivity contribution in [2.24, 2.45) is 0 Å². The van der Waals surface area contributed by atoms with Gasteiger partial charge in [0.2, 0.25) is 0 Å². The second kappa shape index (κ2) is 8.61. The standard InChI is InChI=1S/C25H19N5O2/c31-25(29-18-8-11-21(12-9-18)32-20-5-2-1-3-6-20)22-7-4-14-26-24(22)28-19-10-13-23-17(15-19)16-27-30-23/h1-16H,(H,26,28)(H,27,30)(H,29,31). The van der Waals surface area contributed by atoms with Gasteiger partial charge >= 0.3 is 0 Å². The van der Waals surface area contributed by atoms with E-state index in [-0.39, 0.29) is 5.91 Å². The Hall–Kier alpha value is -4.65. The van der Waals surface area contributed by atoms with Crippen molar-refractivity contribution in [3.8, 4) is 11.5 Å². The number of nitrogens with zero attached hydrogens (tertiary/aromatic N) is 2. The number of ether oxygens (including phenoxy) is 1. The van der Waals surface area contributed by atoms with Crippen LogP contribution in [0.3, 0.4) is 0 Å². The van der Waals surface area contributed by atoms with Gasteiger partial charge in [-0.1, -0.05) is 18.2 Å². The highest BCUT2D eigenvalue weighted by Crippen LogP contribution is 2.25. The van der Waals surface area contributed by atoms with Crippen molar-refractivity contribution in [3.63, 3.8) is 0 Å². The highest BCUT2D eigenvalue weighted by molar-refractivity contribution is 6.07. The van der Waals surface area contributed by atoms with Gasteiger partial charge in [0.1, 0.15) is 17.3 Å². The van der Waals surface area contributed by atoms with Crippen molar-refractivity contribution in [2.75, 3.05) is 10.6 Å². The van der Waals surface area contributed by atoms with Gasteiger partial charge in [-0.15, -0.1) is 0 Å². The van der Waals surface area contributed by atoms with Crippen LogP contribution in [0.4, 0.5) is 17.2 Å². The van der Waals surface area contributed by atoms with Crippen LogP contribution in [-0.4, -0.2) is 21.1 Å². The Morgan fingerprint density at radius 3 is 2.47 bits per heavy atom. The number of hydrogen-bond acceptors (Lipinski definition) is 5. The molecule has 0 fully saturated rings. The second-order valence-electron chi connectivity index (χ2n) is 7.09. The molecule has 3 aromatic carbocycles. The minimum atomic E-state index is -0.262. The molecule has 5 aromatic rings. The van der Waals surface area contributed by atoms with E-state index in [9.17, 15) is 4.79 Å². The van der Waals surface area contributed by atoms with E-state index in [1.807, 2.05) is 60.7 Å². The fourth-order valence-electron chi connectivity index (χ4n) is 3.27. The molecule has 2 heterocycles. The highest BCUT2D eigenvalue weighted by Gasteiger charge is 2.13. The Morgan fingerprint density at radius 2 is 1.62 bits per heavy atom. The Balaban J connectivity index is 1.30. The number of benzene rings is 3. The second-order valence-corrected chi connectivity index (χ2v) is 7.09. The average Bonchev–Trinajstić information content (AvgIpc) is 3.29. The van der Waals surface area contributed by atoms with Crippen LogP contribution < -0.4 is 15.4 Å². The molecule has 156 valence electrons. The van der Waals surface area contributed by atoms with Crippen molar-refractivity contribution in [2.45, 2.75) is 0 Å². The quantitative estimate of drug-likeness (QED) is 0.325. The van der Waals surface area contributed by atoms with Crippen LogP contribution in [-0.2, 0) is 0 Å². The Kier molecular flexibility index (Phi) is 5.20. The minimum Gasteiger partial charge on any atom is -0.457 e. The largest absolute Gasteiger partial charge is 0.457 e. The van der Waals surface area contributed by atoms with E-state index in [1.54, 1.807) is 36.7 Å². The fraction of sp³-hybridized carbons (Fsp3) is 0. The summed E-state index contributed by atoms with van der Waals surface area (Å²) in [5, 5.41) is 14.1. The fourth-order valence-corrected chi connectivity index (χ4v) is 3.27. The van der Waals surface area contributed by atoms with E-state index in [0.29, 0.717) is 22.8 Å². The lowest BCUT2D eigenvalue weighted by Crippen LogP contribution is -2.14. The summed E-state index contributed by atoms with van der Waals surface area (Å²) in [4.78, 5) is 17.3. The molecule has 0 spiro atoms. The van der Waals surface area contributed by atoms with Crippen molar-refractivity contribution in [1.82, 2.24) is 15.2 Å². The van der Waals surface area contributed by atoms with Gasteiger partial charge in [-0.05, 0) is 66.7 Å². The van der Waals surface area contributed by atoms with Gasteiger partial charge in [-0.2, -0.15) is 5.10 Å². The topological polar surface area (TPSA) is 91.9 Å². The molecule has 0 aliphatic carbocycles. The molecule has 0 aliphatic heterocycles. The number of para-hydroxylation sites is 1. The molecule has 7 nitrogen and oxygen atoms in total. The lowest BCUT2D eigenvalue weighted by molar-refractivity contribution is 0.102. The summed E-state index contributed by atoms with van der Waals surface area (Å²) in [6, 6.07) is 26.0. The number of H-pyrrole nitrogens is 1. The van der Waals surface area contributed by atoms with Crippen LogP contribution in [0, 0.1) is 0 Å². The molecule has 7 heteroatoms. The van der Waals surface area contributed by atoms with Crippen LogP contribution in [0.1, 0.15) is 10.4 Å². The zero-order chi connectivity index (χ0) is 21.8. The summed E-state index contributed by atoms with van der Waals surface area (Å²) in [6.45, 7) is 0. The smallest absolute Gasteiger partial charge is 0.259 e. The monoisotopic (exact) mass is 421 g/mol. The molecule has 1 amide bonds. The van der Waals surface area contributed by atoms with E-state index in [4.69, 9.17) is 4.74 Å². The van der Waals surface area contributed by atoms with Crippen molar-refractivity contribution in [1.29, 1.82) is 0 Å². The van der Waals surface area contributed by atoms with Crippen LogP contribution in [0.15, 0.2) is 97.3 Å². The minimum absolute atomic E-state index is 0.262. The predicted molar refractivity (Wildman–Crippen MR) is 125 cm³/mol. The number of carbonyl (C=O) groups is 1. The van der Waals surface area contributed by atoms with E-state index in [0.717, 1.165) is 22.3 Å². The molecule has 0 saturated carbocycles. The number of pyridine rings is 1. The Morgan fingerprint density at radius 1 is 0.844 bits per heavy atom. The summed E-state index contributed by atoms with van der Waals surface area (Å²) in [6.07, 6.45) is 3.39. The maximum atomic E-state index is 12.9. The zero-order valence-corrected chi connectivity index (χ0v) is 16.9. The first-order chi connectivity index (χ1) is 15.7. The molecule has 3 N–H and O–H groups in total. The molecular formula is C25H19N5O2. The molecule has 0 radical (unpaired) electrons. The number of rotatable bonds is 6. The zero-order valence-electron chi connectivity index (χ0n) is 16.9. The summed E-state index contributed by atoms with van der Waals surface area (Å²) in [5.74, 6) is 1.65. The Bertz CT molecular complexity index is 1360. The van der Waals surface area contributed by atoms with Gasteiger partial charge in [0.15, 0.2) is 0 Å². The van der Waals surface area contributed by atoms with Crippen LogP contribution in [0.2, 0.25) is 0 Å². The molecule has 32 heavy (non-hydrogen) atoms. The summed E-state index contributed by atoms with van der Waals surface area (Å²) in [7, 11) is 0. The lowest BCUT2D eigenvalue weighted by atomic mass is 10.2. The third-order valence-corrected chi connectivity index (χ3v) is 4.85.